The summed E-state index contributed by atoms with van der Waals surface area (Å²) in [6.07, 6.45) is -0.914. The fourth-order valence-corrected chi connectivity index (χ4v) is 3.39. The van der Waals surface area contributed by atoms with E-state index >= 15 is 0 Å². The highest BCUT2D eigenvalue weighted by molar-refractivity contribution is 6.00. The molecule has 1 atom stereocenters. The van der Waals surface area contributed by atoms with E-state index in [0.29, 0.717) is 11.3 Å². The highest BCUT2D eigenvalue weighted by atomic mass is 16.6. The molecular formula is C21H17N3O5. The summed E-state index contributed by atoms with van der Waals surface area (Å²) < 4.78 is 11.5. The van der Waals surface area contributed by atoms with Gasteiger partial charge in [-0.2, -0.15) is 5.01 Å². The van der Waals surface area contributed by atoms with Gasteiger partial charge in [-0.1, -0.05) is 42.5 Å². The van der Waals surface area contributed by atoms with E-state index in [1.54, 1.807) is 18.2 Å². The smallest absolute Gasteiger partial charge is 0.282 e. The van der Waals surface area contributed by atoms with Crippen LogP contribution >= 0.6 is 0 Å². The number of para-hydroxylation sites is 1. The van der Waals surface area contributed by atoms with Crippen LogP contribution in [0.25, 0.3) is 10.8 Å². The number of carbonyl (C=O) groups is 1. The van der Waals surface area contributed by atoms with Crippen LogP contribution in [0.1, 0.15) is 24.3 Å². The molecule has 0 spiro atoms. The fourth-order valence-electron chi connectivity index (χ4n) is 3.39. The van der Waals surface area contributed by atoms with E-state index in [1.807, 2.05) is 30.3 Å². The van der Waals surface area contributed by atoms with Crippen LogP contribution in [0.2, 0.25) is 0 Å². The second-order valence-corrected chi connectivity index (χ2v) is 6.42. The summed E-state index contributed by atoms with van der Waals surface area (Å²) in [4.78, 5) is 23.2. The standard InChI is InChI=1S/C21H17N3O5/c1-13(25)23-21(19-15-8-4-3-7-14(15)11-12-18(19)28-2)29-20(22-23)16-9-5-6-10-17(16)24(26)27/h3-12,21H,1-2H3. The Morgan fingerprint density at radius 3 is 2.59 bits per heavy atom. The lowest BCUT2D eigenvalue weighted by Crippen LogP contribution is -2.25. The van der Waals surface area contributed by atoms with E-state index in [0.717, 1.165) is 10.8 Å². The van der Waals surface area contributed by atoms with Crippen LogP contribution < -0.4 is 4.74 Å². The summed E-state index contributed by atoms with van der Waals surface area (Å²) in [6, 6.07) is 17.4. The van der Waals surface area contributed by atoms with E-state index in [9.17, 15) is 14.9 Å². The molecule has 1 aliphatic heterocycles. The van der Waals surface area contributed by atoms with Gasteiger partial charge < -0.3 is 9.47 Å². The van der Waals surface area contributed by atoms with Crippen LogP contribution in [0, 0.1) is 10.1 Å². The van der Waals surface area contributed by atoms with Gasteiger partial charge in [0.15, 0.2) is 0 Å². The number of hydrogen-bond acceptors (Lipinski definition) is 6. The van der Waals surface area contributed by atoms with Gasteiger partial charge in [-0.25, -0.2) is 0 Å². The minimum Gasteiger partial charge on any atom is -0.496 e. The van der Waals surface area contributed by atoms with Crippen molar-refractivity contribution < 1.29 is 19.2 Å². The largest absolute Gasteiger partial charge is 0.496 e. The highest BCUT2D eigenvalue weighted by Gasteiger charge is 2.38. The molecule has 3 aromatic rings. The lowest BCUT2D eigenvalue weighted by molar-refractivity contribution is -0.385. The van der Waals surface area contributed by atoms with Crippen LogP contribution in [-0.4, -0.2) is 28.8 Å². The molecule has 1 unspecified atom stereocenters. The summed E-state index contributed by atoms with van der Waals surface area (Å²) in [5, 5.41) is 18.6. The van der Waals surface area contributed by atoms with Gasteiger partial charge in [0.25, 0.3) is 5.69 Å². The number of ether oxygens (including phenoxy) is 2. The molecule has 0 fully saturated rings. The zero-order chi connectivity index (χ0) is 20.5. The monoisotopic (exact) mass is 391 g/mol. The third-order valence-electron chi connectivity index (χ3n) is 4.70. The second kappa shape index (κ2) is 7.23. The molecule has 0 radical (unpaired) electrons. The van der Waals surface area contributed by atoms with Gasteiger partial charge in [0.1, 0.15) is 11.3 Å². The van der Waals surface area contributed by atoms with Crippen molar-refractivity contribution in [2.75, 3.05) is 7.11 Å². The van der Waals surface area contributed by atoms with Gasteiger partial charge >= 0.3 is 0 Å². The lowest BCUT2D eigenvalue weighted by Gasteiger charge is -2.23. The number of methoxy groups -OCH3 is 1. The van der Waals surface area contributed by atoms with Crippen LogP contribution in [-0.2, 0) is 9.53 Å². The predicted molar refractivity (Wildman–Crippen MR) is 106 cm³/mol. The molecule has 3 aromatic carbocycles. The SMILES string of the molecule is COc1ccc2ccccc2c1C1OC(c2ccccc2[N+](=O)[O-])=NN1C(C)=O. The molecule has 0 saturated carbocycles. The number of hydrazone groups is 1. The zero-order valence-corrected chi connectivity index (χ0v) is 15.7. The molecule has 1 heterocycles. The zero-order valence-electron chi connectivity index (χ0n) is 15.7. The van der Waals surface area contributed by atoms with Crippen molar-refractivity contribution in [1.29, 1.82) is 0 Å². The first kappa shape index (κ1) is 18.4. The van der Waals surface area contributed by atoms with Gasteiger partial charge in [0, 0.05) is 13.0 Å². The molecule has 146 valence electrons. The Balaban J connectivity index is 1.87. The maximum atomic E-state index is 12.3. The van der Waals surface area contributed by atoms with E-state index in [1.165, 1.54) is 31.2 Å². The van der Waals surface area contributed by atoms with Crippen molar-refractivity contribution in [3.05, 3.63) is 81.9 Å². The molecule has 0 saturated heterocycles. The number of nitrogens with zero attached hydrogens (tertiary/aromatic N) is 3. The van der Waals surface area contributed by atoms with Crippen molar-refractivity contribution in [2.24, 2.45) is 5.10 Å². The summed E-state index contributed by atoms with van der Waals surface area (Å²) in [7, 11) is 1.53. The Bertz CT molecular complexity index is 1160. The summed E-state index contributed by atoms with van der Waals surface area (Å²) in [6.45, 7) is 1.36. The topological polar surface area (TPSA) is 94.3 Å². The first-order valence-electron chi connectivity index (χ1n) is 8.85. The van der Waals surface area contributed by atoms with Gasteiger partial charge in [-0.3, -0.25) is 14.9 Å². The normalized spacial score (nSPS) is 15.7. The fraction of sp³-hybridized carbons (Fsp3) is 0.143. The second-order valence-electron chi connectivity index (χ2n) is 6.42. The molecule has 0 aromatic heterocycles. The highest BCUT2D eigenvalue weighted by Crippen LogP contribution is 2.40. The Kier molecular flexibility index (Phi) is 4.59. The van der Waals surface area contributed by atoms with Gasteiger partial charge in [0.05, 0.1) is 17.6 Å². The minimum atomic E-state index is -0.914. The molecule has 1 amide bonds. The number of amides is 1. The molecule has 0 bridgehead atoms. The van der Waals surface area contributed by atoms with Gasteiger partial charge in [-0.05, 0) is 22.9 Å². The van der Waals surface area contributed by atoms with Gasteiger partial charge in [-0.15, -0.1) is 5.10 Å². The summed E-state index contributed by atoms with van der Waals surface area (Å²) in [5.74, 6) is 0.171. The summed E-state index contributed by atoms with van der Waals surface area (Å²) in [5.41, 5.74) is 0.670. The minimum absolute atomic E-state index is 0.00693. The average molecular weight is 391 g/mol. The molecule has 1 aliphatic rings. The van der Waals surface area contributed by atoms with Crippen LogP contribution in [0.3, 0.4) is 0 Å². The molecule has 0 N–H and O–H groups in total. The van der Waals surface area contributed by atoms with Crippen LogP contribution in [0.15, 0.2) is 65.8 Å². The number of benzene rings is 3. The van der Waals surface area contributed by atoms with Crippen LogP contribution in [0.5, 0.6) is 5.75 Å². The molecule has 0 aliphatic carbocycles. The third kappa shape index (κ3) is 3.14. The number of carbonyl (C=O) groups excluding carboxylic acids is 1. The number of hydrogen-bond donors (Lipinski definition) is 0. The number of nitro groups is 1. The Hall–Kier alpha value is -3.94. The maximum absolute atomic E-state index is 12.3. The summed E-state index contributed by atoms with van der Waals surface area (Å²) >= 11 is 0. The van der Waals surface area contributed by atoms with E-state index < -0.39 is 11.2 Å². The van der Waals surface area contributed by atoms with Gasteiger partial charge in [0.2, 0.25) is 18.0 Å². The molecule has 8 heteroatoms. The predicted octanol–water partition coefficient (Wildman–Crippen LogP) is 4.00. The van der Waals surface area contributed by atoms with Crippen molar-refractivity contribution in [3.63, 3.8) is 0 Å². The van der Waals surface area contributed by atoms with E-state index in [-0.39, 0.29) is 23.1 Å². The third-order valence-corrected chi connectivity index (χ3v) is 4.70. The first-order valence-corrected chi connectivity index (χ1v) is 8.85. The number of fused-ring (bicyclic) bond motifs is 1. The van der Waals surface area contributed by atoms with Crippen molar-refractivity contribution in [1.82, 2.24) is 5.01 Å². The van der Waals surface area contributed by atoms with E-state index in [4.69, 9.17) is 9.47 Å². The first-order chi connectivity index (χ1) is 14.0. The van der Waals surface area contributed by atoms with E-state index in [2.05, 4.69) is 5.10 Å². The number of nitro benzene ring substituents is 1. The van der Waals surface area contributed by atoms with Crippen LogP contribution in [0.4, 0.5) is 5.69 Å². The van der Waals surface area contributed by atoms with Crippen molar-refractivity contribution in [3.8, 4) is 5.75 Å². The lowest BCUT2D eigenvalue weighted by atomic mass is 10.0. The quantitative estimate of drug-likeness (QED) is 0.495. The van der Waals surface area contributed by atoms with Crippen molar-refractivity contribution >= 4 is 28.3 Å². The van der Waals surface area contributed by atoms with Crippen molar-refractivity contribution in [2.45, 2.75) is 13.2 Å². The Morgan fingerprint density at radius 1 is 1.14 bits per heavy atom. The molecule has 4 rings (SSSR count). The average Bonchev–Trinajstić information content (AvgIpc) is 3.18. The molecule has 8 nitrogen and oxygen atoms in total. The Morgan fingerprint density at radius 2 is 1.86 bits per heavy atom. The maximum Gasteiger partial charge on any atom is 0.282 e. The molecule has 29 heavy (non-hydrogen) atoms. The Labute approximate surface area is 166 Å². The molecular weight excluding hydrogens is 374 g/mol. The number of rotatable bonds is 4.